The summed E-state index contributed by atoms with van der Waals surface area (Å²) >= 11 is 5.75. The van der Waals surface area contributed by atoms with Gasteiger partial charge in [-0.3, -0.25) is 4.79 Å². The topological polar surface area (TPSA) is 55.4 Å². The van der Waals surface area contributed by atoms with Crippen molar-refractivity contribution in [2.45, 2.75) is 0 Å². The van der Waals surface area contributed by atoms with E-state index in [4.69, 9.17) is 16.3 Å². The van der Waals surface area contributed by atoms with E-state index in [0.717, 1.165) is 5.56 Å². The number of carbonyl (C=O) groups is 2. The van der Waals surface area contributed by atoms with E-state index >= 15 is 0 Å². The predicted molar refractivity (Wildman–Crippen MR) is 86.5 cm³/mol. The first-order valence-corrected chi connectivity index (χ1v) is 6.96. The van der Waals surface area contributed by atoms with Crippen LogP contribution in [-0.4, -0.2) is 18.5 Å². The van der Waals surface area contributed by atoms with E-state index in [2.05, 4.69) is 5.32 Å². The summed E-state index contributed by atoms with van der Waals surface area (Å²) in [7, 11) is 0. The molecule has 0 aromatic heterocycles. The summed E-state index contributed by atoms with van der Waals surface area (Å²) in [5, 5.41) is 3.18. The standard InChI is InChI=1S/C17H14ClNO3/c18-14-7-9-15(10-8-14)19-16(20)12-22-17(21)11-6-13-4-2-1-3-5-13/h1-11H,12H2,(H,19,20). The van der Waals surface area contributed by atoms with Crippen LogP contribution in [0.1, 0.15) is 5.56 Å². The average Bonchev–Trinajstić information content (AvgIpc) is 2.54. The second kappa shape index (κ2) is 8.00. The molecule has 0 heterocycles. The lowest BCUT2D eigenvalue weighted by molar-refractivity contribution is -0.142. The van der Waals surface area contributed by atoms with Crippen LogP contribution >= 0.6 is 11.6 Å². The Bertz CT molecular complexity index is 666. The van der Waals surface area contributed by atoms with Gasteiger partial charge in [0, 0.05) is 16.8 Å². The number of esters is 1. The van der Waals surface area contributed by atoms with Crippen LogP contribution in [0.15, 0.2) is 60.7 Å². The molecular formula is C17H14ClNO3. The van der Waals surface area contributed by atoms with Gasteiger partial charge in [0.05, 0.1) is 0 Å². The Morgan fingerprint density at radius 2 is 1.73 bits per heavy atom. The number of amides is 1. The molecule has 1 amide bonds. The third-order valence-corrected chi connectivity index (χ3v) is 2.94. The minimum Gasteiger partial charge on any atom is -0.452 e. The van der Waals surface area contributed by atoms with Gasteiger partial charge in [0.2, 0.25) is 0 Å². The number of nitrogens with one attached hydrogen (secondary N) is 1. The van der Waals surface area contributed by atoms with Crippen LogP contribution in [0, 0.1) is 0 Å². The van der Waals surface area contributed by atoms with Crippen molar-refractivity contribution < 1.29 is 14.3 Å². The Balaban J connectivity index is 1.77. The monoisotopic (exact) mass is 315 g/mol. The molecule has 0 atom stereocenters. The molecule has 0 saturated heterocycles. The van der Waals surface area contributed by atoms with E-state index in [1.807, 2.05) is 30.3 Å². The van der Waals surface area contributed by atoms with Crippen molar-refractivity contribution >= 4 is 35.2 Å². The van der Waals surface area contributed by atoms with Crippen molar-refractivity contribution in [3.8, 4) is 0 Å². The molecule has 2 aromatic carbocycles. The van der Waals surface area contributed by atoms with Crippen LogP contribution in [0.2, 0.25) is 5.02 Å². The van der Waals surface area contributed by atoms with E-state index in [1.165, 1.54) is 6.08 Å². The zero-order valence-corrected chi connectivity index (χ0v) is 12.4. The molecule has 0 radical (unpaired) electrons. The van der Waals surface area contributed by atoms with E-state index in [0.29, 0.717) is 10.7 Å². The molecule has 4 nitrogen and oxygen atoms in total. The number of ether oxygens (including phenoxy) is 1. The van der Waals surface area contributed by atoms with Gasteiger partial charge in [-0.25, -0.2) is 4.79 Å². The van der Waals surface area contributed by atoms with E-state index in [1.54, 1.807) is 30.3 Å². The third-order valence-electron chi connectivity index (χ3n) is 2.68. The summed E-state index contributed by atoms with van der Waals surface area (Å²) in [5.41, 5.74) is 1.47. The molecule has 0 unspecified atom stereocenters. The Labute approximate surface area is 133 Å². The minimum absolute atomic E-state index is 0.347. The largest absolute Gasteiger partial charge is 0.452 e. The molecule has 5 heteroatoms. The highest BCUT2D eigenvalue weighted by molar-refractivity contribution is 6.30. The molecule has 0 aliphatic rings. The van der Waals surface area contributed by atoms with Crippen LogP contribution in [0.4, 0.5) is 5.69 Å². The van der Waals surface area contributed by atoms with Crippen LogP contribution in [-0.2, 0) is 14.3 Å². The quantitative estimate of drug-likeness (QED) is 0.678. The highest BCUT2D eigenvalue weighted by Crippen LogP contribution is 2.13. The van der Waals surface area contributed by atoms with Crippen LogP contribution < -0.4 is 5.32 Å². The molecule has 0 spiro atoms. The SMILES string of the molecule is O=C(COC(=O)C=Cc1ccccc1)Nc1ccc(Cl)cc1. The fourth-order valence-electron chi connectivity index (χ4n) is 1.64. The molecule has 112 valence electrons. The molecule has 0 bridgehead atoms. The molecule has 0 fully saturated rings. The maximum atomic E-state index is 11.6. The second-order valence-corrected chi connectivity index (χ2v) is 4.84. The molecule has 2 rings (SSSR count). The fraction of sp³-hybridized carbons (Fsp3) is 0.0588. The fourth-order valence-corrected chi connectivity index (χ4v) is 1.77. The smallest absolute Gasteiger partial charge is 0.331 e. The van der Waals surface area contributed by atoms with Gasteiger partial charge < -0.3 is 10.1 Å². The molecule has 0 aliphatic heterocycles. The van der Waals surface area contributed by atoms with Crippen LogP contribution in [0.3, 0.4) is 0 Å². The van der Waals surface area contributed by atoms with Gasteiger partial charge in [-0.15, -0.1) is 0 Å². The molecule has 2 aromatic rings. The first-order chi connectivity index (χ1) is 10.6. The zero-order chi connectivity index (χ0) is 15.8. The lowest BCUT2D eigenvalue weighted by atomic mass is 10.2. The van der Waals surface area contributed by atoms with Crippen LogP contribution in [0.25, 0.3) is 6.08 Å². The highest BCUT2D eigenvalue weighted by Gasteiger charge is 2.05. The first kappa shape index (κ1) is 15.8. The highest BCUT2D eigenvalue weighted by atomic mass is 35.5. The van der Waals surface area contributed by atoms with Crippen molar-refractivity contribution in [3.63, 3.8) is 0 Å². The number of anilines is 1. The first-order valence-electron chi connectivity index (χ1n) is 6.59. The molecule has 0 aliphatic carbocycles. The Morgan fingerprint density at radius 1 is 1.05 bits per heavy atom. The molecule has 0 saturated carbocycles. The average molecular weight is 316 g/mol. The van der Waals surface area contributed by atoms with Gasteiger partial charge in [-0.1, -0.05) is 41.9 Å². The molecule has 22 heavy (non-hydrogen) atoms. The summed E-state index contributed by atoms with van der Waals surface area (Å²) in [4.78, 5) is 23.1. The summed E-state index contributed by atoms with van der Waals surface area (Å²) < 4.78 is 4.86. The summed E-state index contributed by atoms with van der Waals surface area (Å²) in [5.74, 6) is -0.987. The summed E-state index contributed by atoms with van der Waals surface area (Å²) in [6.45, 7) is -0.347. The Kier molecular flexibility index (Phi) is 5.74. The van der Waals surface area contributed by atoms with Crippen molar-refractivity contribution in [2.24, 2.45) is 0 Å². The van der Waals surface area contributed by atoms with Gasteiger partial charge in [-0.2, -0.15) is 0 Å². The van der Waals surface area contributed by atoms with Crippen molar-refractivity contribution in [3.05, 3.63) is 71.3 Å². The summed E-state index contributed by atoms with van der Waals surface area (Å²) in [6.07, 6.45) is 2.91. The number of hydrogen-bond acceptors (Lipinski definition) is 3. The number of carbonyl (C=O) groups excluding carboxylic acids is 2. The number of rotatable bonds is 5. The van der Waals surface area contributed by atoms with Gasteiger partial charge >= 0.3 is 5.97 Å². The normalized spacial score (nSPS) is 10.4. The minimum atomic E-state index is -0.574. The van der Waals surface area contributed by atoms with Gasteiger partial charge in [-0.05, 0) is 35.9 Å². The second-order valence-electron chi connectivity index (χ2n) is 4.41. The molecular weight excluding hydrogens is 302 g/mol. The van der Waals surface area contributed by atoms with E-state index in [-0.39, 0.29) is 6.61 Å². The van der Waals surface area contributed by atoms with E-state index in [9.17, 15) is 9.59 Å². The maximum absolute atomic E-state index is 11.6. The molecule has 1 N–H and O–H groups in total. The maximum Gasteiger partial charge on any atom is 0.331 e. The Hall–Kier alpha value is -2.59. The lowest BCUT2D eigenvalue weighted by Crippen LogP contribution is -2.20. The van der Waals surface area contributed by atoms with Gasteiger partial charge in [0.15, 0.2) is 6.61 Å². The number of halogens is 1. The predicted octanol–water partition coefficient (Wildman–Crippen LogP) is 3.54. The van der Waals surface area contributed by atoms with Gasteiger partial charge in [0.1, 0.15) is 0 Å². The third kappa shape index (κ3) is 5.42. The number of benzene rings is 2. The van der Waals surface area contributed by atoms with Gasteiger partial charge in [0.25, 0.3) is 5.91 Å². The Morgan fingerprint density at radius 3 is 2.41 bits per heavy atom. The zero-order valence-electron chi connectivity index (χ0n) is 11.7. The van der Waals surface area contributed by atoms with E-state index < -0.39 is 11.9 Å². The number of hydrogen-bond donors (Lipinski definition) is 1. The van der Waals surface area contributed by atoms with Crippen molar-refractivity contribution in [1.82, 2.24) is 0 Å². The summed E-state index contributed by atoms with van der Waals surface area (Å²) in [6, 6.07) is 16.0. The van der Waals surface area contributed by atoms with Crippen molar-refractivity contribution in [2.75, 3.05) is 11.9 Å². The lowest BCUT2D eigenvalue weighted by Gasteiger charge is -2.05. The van der Waals surface area contributed by atoms with Crippen molar-refractivity contribution in [1.29, 1.82) is 0 Å². The van der Waals surface area contributed by atoms with Crippen LogP contribution in [0.5, 0.6) is 0 Å².